The van der Waals surface area contributed by atoms with Crippen molar-refractivity contribution >= 4 is 12.6 Å². The number of hydrogen-bond donors (Lipinski definition) is 0. The van der Waals surface area contributed by atoms with Crippen molar-refractivity contribution in [3.8, 4) is 0 Å². The van der Waals surface area contributed by atoms with Crippen LogP contribution in [0.25, 0.3) is 0 Å². The summed E-state index contributed by atoms with van der Waals surface area (Å²) < 4.78 is 12.2. The summed E-state index contributed by atoms with van der Waals surface area (Å²) >= 11 is 0. The van der Waals surface area contributed by atoms with Gasteiger partial charge < -0.3 is 14.2 Å². The maximum absolute atomic E-state index is 6.12. The highest BCUT2D eigenvalue weighted by Crippen LogP contribution is 2.37. The molecule has 3 nitrogen and oxygen atoms in total. The normalized spacial score (nSPS) is 30.9. The van der Waals surface area contributed by atoms with E-state index in [2.05, 4.69) is 70.8 Å². The molecule has 0 bridgehead atoms. The Labute approximate surface area is 135 Å². The van der Waals surface area contributed by atoms with Gasteiger partial charge in [-0.3, -0.25) is 0 Å². The number of likely N-dealkylation sites (N-methyl/N-ethyl adjacent to an activating group) is 1. The topological polar surface area (TPSA) is 21.7 Å². The third-order valence-electron chi connectivity index (χ3n) is 5.68. The van der Waals surface area contributed by atoms with Crippen molar-refractivity contribution in [1.29, 1.82) is 0 Å². The van der Waals surface area contributed by atoms with Crippen molar-refractivity contribution in [3.05, 3.63) is 29.8 Å². The fourth-order valence-electron chi connectivity index (χ4n) is 3.52. The number of likely N-dealkylation sites (tertiary alicyclic amines) is 1. The van der Waals surface area contributed by atoms with E-state index in [1.165, 1.54) is 12.1 Å². The van der Waals surface area contributed by atoms with E-state index in [4.69, 9.17) is 9.31 Å². The zero-order valence-corrected chi connectivity index (χ0v) is 14.7. The first kappa shape index (κ1) is 16.0. The van der Waals surface area contributed by atoms with Gasteiger partial charge in [0, 0.05) is 19.0 Å². The maximum atomic E-state index is 6.12. The summed E-state index contributed by atoms with van der Waals surface area (Å²) in [6.07, 6.45) is 0. The molecule has 0 spiro atoms. The Hall–Kier alpha value is -0.835. The Morgan fingerprint density at radius 2 is 1.55 bits per heavy atom. The van der Waals surface area contributed by atoms with Gasteiger partial charge in [0.1, 0.15) is 0 Å². The SMILES string of the molecule is C[C@@H]1CN(C)C[C@@H]1c1ccc(B2OC(C)(C)C(C)(C)O2)cc1. The zero-order chi connectivity index (χ0) is 16.1. The van der Waals surface area contributed by atoms with Crippen LogP contribution in [0.5, 0.6) is 0 Å². The summed E-state index contributed by atoms with van der Waals surface area (Å²) in [6, 6.07) is 8.84. The molecule has 0 aliphatic carbocycles. The van der Waals surface area contributed by atoms with E-state index in [0.717, 1.165) is 12.0 Å². The highest BCUT2D eigenvalue weighted by Gasteiger charge is 2.51. The maximum Gasteiger partial charge on any atom is 0.494 e. The highest BCUT2D eigenvalue weighted by molar-refractivity contribution is 6.62. The molecule has 0 amide bonds. The van der Waals surface area contributed by atoms with Crippen molar-refractivity contribution in [3.63, 3.8) is 0 Å². The van der Waals surface area contributed by atoms with E-state index >= 15 is 0 Å². The second-order valence-corrected chi connectivity index (χ2v) is 8.06. The molecule has 22 heavy (non-hydrogen) atoms. The molecule has 2 saturated heterocycles. The van der Waals surface area contributed by atoms with Crippen molar-refractivity contribution in [1.82, 2.24) is 4.90 Å². The van der Waals surface area contributed by atoms with Gasteiger partial charge in [-0.15, -0.1) is 0 Å². The van der Waals surface area contributed by atoms with Crippen molar-refractivity contribution in [2.45, 2.75) is 51.7 Å². The molecule has 1 aromatic carbocycles. The van der Waals surface area contributed by atoms with Crippen LogP contribution in [0.15, 0.2) is 24.3 Å². The number of nitrogens with zero attached hydrogens (tertiary/aromatic N) is 1. The molecule has 0 aromatic heterocycles. The minimum atomic E-state index is -0.279. The second kappa shape index (κ2) is 5.36. The third kappa shape index (κ3) is 2.73. The molecule has 0 radical (unpaired) electrons. The molecule has 2 atom stereocenters. The Kier molecular flexibility index (Phi) is 3.91. The summed E-state index contributed by atoms with van der Waals surface area (Å²) in [4.78, 5) is 2.41. The van der Waals surface area contributed by atoms with E-state index in [0.29, 0.717) is 11.8 Å². The van der Waals surface area contributed by atoms with Crippen LogP contribution in [0, 0.1) is 5.92 Å². The zero-order valence-electron chi connectivity index (χ0n) is 14.7. The lowest BCUT2D eigenvalue weighted by atomic mass is 9.77. The minimum Gasteiger partial charge on any atom is -0.399 e. The lowest BCUT2D eigenvalue weighted by Crippen LogP contribution is -2.41. The van der Waals surface area contributed by atoms with Crippen LogP contribution < -0.4 is 5.46 Å². The van der Waals surface area contributed by atoms with Crippen LogP contribution in [-0.2, 0) is 9.31 Å². The smallest absolute Gasteiger partial charge is 0.399 e. The predicted molar refractivity (Wildman–Crippen MR) is 91.6 cm³/mol. The third-order valence-corrected chi connectivity index (χ3v) is 5.68. The average molecular weight is 301 g/mol. The van der Waals surface area contributed by atoms with E-state index < -0.39 is 0 Å². The van der Waals surface area contributed by atoms with Crippen LogP contribution in [0.1, 0.15) is 46.1 Å². The Bertz CT molecular complexity index is 525. The van der Waals surface area contributed by atoms with Gasteiger partial charge in [-0.2, -0.15) is 0 Å². The Morgan fingerprint density at radius 3 is 2.00 bits per heavy atom. The lowest BCUT2D eigenvalue weighted by Gasteiger charge is -2.32. The summed E-state index contributed by atoms with van der Waals surface area (Å²) in [7, 11) is 1.94. The highest BCUT2D eigenvalue weighted by atomic mass is 16.7. The van der Waals surface area contributed by atoms with Crippen LogP contribution >= 0.6 is 0 Å². The van der Waals surface area contributed by atoms with Crippen LogP contribution in [-0.4, -0.2) is 43.4 Å². The van der Waals surface area contributed by atoms with Gasteiger partial charge in [0.15, 0.2) is 0 Å². The molecular formula is C18H28BNO2. The first-order valence-corrected chi connectivity index (χ1v) is 8.34. The molecule has 3 rings (SSSR count). The van der Waals surface area contributed by atoms with E-state index in [1.54, 1.807) is 0 Å². The summed E-state index contributed by atoms with van der Waals surface area (Å²) in [6.45, 7) is 13.1. The van der Waals surface area contributed by atoms with Gasteiger partial charge in [-0.25, -0.2) is 0 Å². The van der Waals surface area contributed by atoms with Gasteiger partial charge in [-0.1, -0.05) is 31.2 Å². The van der Waals surface area contributed by atoms with Crippen LogP contribution in [0.2, 0.25) is 0 Å². The van der Waals surface area contributed by atoms with Gasteiger partial charge >= 0.3 is 7.12 Å². The van der Waals surface area contributed by atoms with E-state index in [-0.39, 0.29) is 18.3 Å². The second-order valence-electron chi connectivity index (χ2n) is 8.06. The molecule has 120 valence electrons. The number of hydrogen-bond acceptors (Lipinski definition) is 3. The van der Waals surface area contributed by atoms with Gasteiger partial charge in [0.05, 0.1) is 11.2 Å². The first-order valence-electron chi connectivity index (χ1n) is 8.34. The summed E-state index contributed by atoms with van der Waals surface area (Å²) in [5.41, 5.74) is 1.98. The summed E-state index contributed by atoms with van der Waals surface area (Å²) in [5.74, 6) is 1.35. The first-order chi connectivity index (χ1) is 10.2. The Balaban J connectivity index is 1.76. The van der Waals surface area contributed by atoms with Crippen molar-refractivity contribution < 1.29 is 9.31 Å². The number of rotatable bonds is 2. The van der Waals surface area contributed by atoms with Crippen LogP contribution in [0.4, 0.5) is 0 Å². The summed E-state index contributed by atoms with van der Waals surface area (Å²) in [5, 5.41) is 0. The fourth-order valence-corrected chi connectivity index (χ4v) is 3.52. The van der Waals surface area contributed by atoms with Gasteiger partial charge in [0.2, 0.25) is 0 Å². The minimum absolute atomic E-state index is 0.261. The number of benzene rings is 1. The van der Waals surface area contributed by atoms with Gasteiger partial charge in [-0.05, 0) is 51.7 Å². The molecule has 2 aliphatic heterocycles. The largest absolute Gasteiger partial charge is 0.494 e. The van der Waals surface area contributed by atoms with E-state index in [9.17, 15) is 0 Å². The molecule has 0 N–H and O–H groups in total. The standard InChI is InChI=1S/C18H28BNO2/c1-13-11-20(6)12-16(13)14-7-9-15(10-8-14)19-21-17(2,3)18(4,5)22-19/h7-10,13,16H,11-12H2,1-6H3/t13-,16+/m1/s1. The van der Waals surface area contributed by atoms with Gasteiger partial charge in [0.25, 0.3) is 0 Å². The molecule has 4 heteroatoms. The van der Waals surface area contributed by atoms with E-state index in [1.807, 2.05) is 0 Å². The van der Waals surface area contributed by atoms with Crippen molar-refractivity contribution in [2.24, 2.45) is 5.92 Å². The Morgan fingerprint density at radius 1 is 1.00 bits per heavy atom. The lowest BCUT2D eigenvalue weighted by molar-refractivity contribution is 0.00578. The van der Waals surface area contributed by atoms with Crippen molar-refractivity contribution in [2.75, 3.05) is 20.1 Å². The molecule has 0 unspecified atom stereocenters. The average Bonchev–Trinajstić information content (AvgIpc) is 2.86. The molecule has 2 fully saturated rings. The predicted octanol–water partition coefficient (Wildman–Crippen LogP) is 2.65. The molecule has 2 heterocycles. The molecule has 2 aliphatic rings. The molecular weight excluding hydrogens is 273 g/mol. The molecule has 0 saturated carbocycles. The van der Waals surface area contributed by atoms with Crippen LogP contribution in [0.3, 0.4) is 0 Å². The monoisotopic (exact) mass is 301 g/mol. The quantitative estimate of drug-likeness (QED) is 0.784. The molecule has 1 aromatic rings. The fraction of sp³-hybridized carbons (Fsp3) is 0.667.